The minimum Gasteiger partial charge on any atom is -0.462 e. The van der Waals surface area contributed by atoms with Gasteiger partial charge in [0.25, 0.3) is 0 Å². The molecule has 0 saturated heterocycles. The second-order valence-corrected chi connectivity index (χ2v) is 9.01. The quantitative estimate of drug-likeness (QED) is 0.368. The van der Waals surface area contributed by atoms with E-state index >= 15 is 0 Å². The van der Waals surface area contributed by atoms with Crippen LogP contribution in [-0.4, -0.2) is 33.2 Å². The lowest BCUT2D eigenvalue weighted by Gasteiger charge is -2.14. The second-order valence-electron chi connectivity index (χ2n) is 7.90. The summed E-state index contributed by atoms with van der Waals surface area (Å²) < 4.78 is 6.87. The number of rotatable bonds is 8. The monoisotopic (exact) mass is 448 g/mol. The summed E-state index contributed by atoms with van der Waals surface area (Å²) >= 11 is 1.44. The molecular formula is C21H28N4O5S. The van der Waals surface area contributed by atoms with E-state index in [2.05, 4.69) is 10.4 Å². The van der Waals surface area contributed by atoms with Crippen LogP contribution in [0.2, 0.25) is 0 Å². The number of anilines is 1. The summed E-state index contributed by atoms with van der Waals surface area (Å²) in [6.07, 6.45) is 4.51. The minimum atomic E-state index is -0.503. The average molecular weight is 449 g/mol. The number of thiophene rings is 1. The van der Waals surface area contributed by atoms with Gasteiger partial charge in [-0.15, -0.1) is 11.3 Å². The topological polar surface area (TPSA) is 116 Å². The number of nitrogens with zero attached hydrogens (tertiary/aromatic N) is 3. The van der Waals surface area contributed by atoms with Gasteiger partial charge in [0, 0.05) is 4.88 Å². The van der Waals surface area contributed by atoms with Crippen molar-refractivity contribution >= 4 is 33.9 Å². The van der Waals surface area contributed by atoms with Crippen molar-refractivity contribution in [1.29, 1.82) is 0 Å². The van der Waals surface area contributed by atoms with Gasteiger partial charge in [-0.3, -0.25) is 19.6 Å². The fourth-order valence-corrected chi connectivity index (χ4v) is 5.12. The molecule has 9 nitrogen and oxygen atoms in total. The predicted octanol–water partition coefficient (Wildman–Crippen LogP) is 4.19. The van der Waals surface area contributed by atoms with Crippen LogP contribution in [-0.2, 0) is 28.9 Å². The van der Waals surface area contributed by atoms with Crippen molar-refractivity contribution in [2.45, 2.75) is 66.3 Å². The van der Waals surface area contributed by atoms with Crippen molar-refractivity contribution in [3.63, 3.8) is 0 Å². The van der Waals surface area contributed by atoms with Crippen LogP contribution in [0.15, 0.2) is 0 Å². The van der Waals surface area contributed by atoms with Crippen molar-refractivity contribution in [2.75, 3.05) is 11.9 Å². The maximum atomic E-state index is 12.9. The van der Waals surface area contributed by atoms with Gasteiger partial charge in [-0.1, -0.05) is 13.8 Å². The van der Waals surface area contributed by atoms with E-state index in [1.807, 2.05) is 6.92 Å². The number of aromatic nitrogens is 2. The first-order valence-corrected chi connectivity index (χ1v) is 11.4. The first-order chi connectivity index (χ1) is 14.7. The van der Waals surface area contributed by atoms with Crippen molar-refractivity contribution in [2.24, 2.45) is 5.92 Å². The number of carbonyl (C=O) groups excluding carboxylic acids is 2. The lowest BCUT2D eigenvalue weighted by atomic mass is 9.95. The van der Waals surface area contributed by atoms with Crippen LogP contribution in [0.4, 0.5) is 10.7 Å². The Morgan fingerprint density at radius 1 is 1.32 bits per heavy atom. The minimum absolute atomic E-state index is 0.0282. The van der Waals surface area contributed by atoms with Crippen LogP contribution in [0.3, 0.4) is 0 Å². The van der Waals surface area contributed by atoms with Gasteiger partial charge in [0.15, 0.2) is 0 Å². The number of nitrogens with one attached hydrogen (secondary N) is 1. The number of aryl methyl sites for hydroxylation is 2. The maximum Gasteiger partial charge on any atom is 0.341 e. The summed E-state index contributed by atoms with van der Waals surface area (Å²) in [5.74, 6) is -1.16. The highest BCUT2D eigenvalue weighted by atomic mass is 32.1. The Hall–Kier alpha value is -2.75. The van der Waals surface area contributed by atoms with Crippen LogP contribution >= 0.6 is 11.3 Å². The number of nitro groups is 1. The van der Waals surface area contributed by atoms with Gasteiger partial charge in [-0.25, -0.2) is 4.79 Å². The maximum absolute atomic E-state index is 12.9. The molecule has 0 saturated carbocycles. The van der Waals surface area contributed by atoms with E-state index in [0.717, 1.165) is 42.5 Å². The predicted molar refractivity (Wildman–Crippen MR) is 118 cm³/mol. The first-order valence-electron chi connectivity index (χ1n) is 10.5. The molecule has 0 spiro atoms. The molecule has 2 aromatic rings. The van der Waals surface area contributed by atoms with Gasteiger partial charge in [-0.05, 0) is 51.5 Å². The summed E-state index contributed by atoms with van der Waals surface area (Å²) in [5.41, 5.74) is 2.18. The number of hydrogen-bond acceptors (Lipinski definition) is 7. The SMILES string of the molecule is CCCOC(=O)c1c(NC(=O)C(C)Cn2nc(C)c([N+](=O)[O-])c2C)sc2c1CCCC2. The zero-order valence-electron chi connectivity index (χ0n) is 18.3. The molecule has 168 valence electrons. The largest absolute Gasteiger partial charge is 0.462 e. The van der Waals surface area contributed by atoms with E-state index < -0.39 is 16.8 Å². The fraction of sp³-hybridized carbons (Fsp3) is 0.571. The number of fused-ring (bicyclic) bond motifs is 1. The fourth-order valence-electron chi connectivity index (χ4n) is 3.84. The van der Waals surface area contributed by atoms with Crippen molar-refractivity contribution in [3.05, 3.63) is 37.5 Å². The van der Waals surface area contributed by atoms with Crippen molar-refractivity contribution in [3.8, 4) is 0 Å². The Bertz CT molecular complexity index is 1010. The van der Waals surface area contributed by atoms with Gasteiger partial charge < -0.3 is 10.1 Å². The van der Waals surface area contributed by atoms with Gasteiger partial charge in [0.05, 0.1) is 29.6 Å². The molecular weight excluding hydrogens is 420 g/mol. The third-order valence-corrected chi connectivity index (χ3v) is 6.68. The molecule has 0 radical (unpaired) electrons. The molecule has 1 N–H and O–H groups in total. The summed E-state index contributed by atoms with van der Waals surface area (Å²) in [5, 5.41) is 18.9. The Balaban J connectivity index is 1.80. The van der Waals surface area contributed by atoms with Crippen LogP contribution in [0, 0.1) is 29.9 Å². The lowest BCUT2D eigenvalue weighted by molar-refractivity contribution is -0.386. The summed E-state index contributed by atoms with van der Waals surface area (Å²) in [6.45, 7) is 7.41. The van der Waals surface area contributed by atoms with Crippen LogP contribution in [0.25, 0.3) is 0 Å². The highest BCUT2D eigenvalue weighted by Crippen LogP contribution is 2.39. The Morgan fingerprint density at radius 2 is 2.03 bits per heavy atom. The van der Waals surface area contributed by atoms with E-state index in [4.69, 9.17) is 4.74 Å². The summed E-state index contributed by atoms with van der Waals surface area (Å²) in [4.78, 5) is 37.5. The normalized spacial score (nSPS) is 14.1. The van der Waals surface area contributed by atoms with Crippen LogP contribution in [0.1, 0.15) is 65.3 Å². The molecule has 0 bridgehead atoms. The molecule has 1 aliphatic rings. The third-order valence-electron chi connectivity index (χ3n) is 5.47. The first kappa shape index (κ1) is 22.9. The van der Waals surface area contributed by atoms with Crippen LogP contribution < -0.4 is 5.32 Å². The molecule has 31 heavy (non-hydrogen) atoms. The average Bonchev–Trinajstić information content (AvgIpc) is 3.22. The third kappa shape index (κ3) is 4.79. The highest BCUT2D eigenvalue weighted by Gasteiger charge is 2.29. The number of hydrogen-bond donors (Lipinski definition) is 1. The Kier molecular flexibility index (Phi) is 7.09. The van der Waals surface area contributed by atoms with Gasteiger partial charge in [0.1, 0.15) is 16.4 Å². The Morgan fingerprint density at radius 3 is 2.68 bits per heavy atom. The van der Waals surface area contributed by atoms with E-state index in [-0.39, 0.29) is 18.1 Å². The molecule has 2 aromatic heterocycles. The molecule has 0 aliphatic heterocycles. The van der Waals surface area contributed by atoms with Gasteiger partial charge >= 0.3 is 11.7 Å². The Labute approximate surface area is 184 Å². The van der Waals surface area contributed by atoms with Crippen molar-refractivity contribution in [1.82, 2.24) is 9.78 Å². The number of esters is 1. The smallest absolute Gasteiger partial charge is 0.341 e. The summed E-state index contributed by atoms with van der Waals surface area (Å²) in [7, 11) is 0. The zero-order valence-corrected chi connectivity index (χ0v) is 19.1. The number of amides is 1. The van der Waals surface area contributed by atoms with Crippen molar-refractivity contribution < 1.29 is 19.2 Å². The summed E-state index contributed by atoms with van der Waals surface area (Å²) in [6, 6.07) is 0. The van der Waals surface area contributed by atoms with E-state index in [1.165, 1.54) is 16.0 Å². The molecule has 10 heteroatoms. The van der Waals surface area contributed by atoms with E-state index in [0.29, 0.717) is 28.6 Å². The molecule has 1 amide bonds. The molecule has 1 atom stereocenters. The molecule has 0 fully saturated rings. The van der Waals surface area contributed by atoms with Gasteiger partial charge in [0.2, 0.25) is 5.91 Å². The number of ether oxygens (including phenoxy) is 1. The second kappa shape index (κ2) is 9.59. The van der Waals surface area contributed by atoms with Gasteiger partial charge in [-0.2, -0.15) is 5.10 Å². The zero-order chi connectivity index (χ0) is 22.7. The van der Waals surface area contributed by atoms with Crippen LogP contribution in [0.5, 0.6) is 0 Å². The highest BCUT2D eigenvalue weighted by molar-refractivity contribution is 7.17. The molecule has 0 aromatic carbocycles. The standard InChI is InChI=1S/C21H28N4O5S/c1-5-10-30-21(27)17-15-8-6-7-9-16(15)31-20(17)22-19(26)12(2)11-24-14(4)18(25(28)29)13(3)23-24/h12H,5-11H2,1-4H3,(H,22,26). The van der Waals surface area contributed by atoms with E-state index in [9.17, 15) is 19.7 Å². The molecule has 1 aliphatic carbocycles. The molecule has 2 heterocycles. The molecule has 3 rings (SSSR count). The molecule has 1 unspecified atom stereocenters. The lowest BCUT2D eigenvalue weighted by Crippen LogP contribution is -2.26. The van der Waals surface area contributed by atoms with E-state index in [1.54, 1.807) is 20.8 Å². The number of carbonyl (C=O) groups is 2.